The van der Waals surface area contributed by atoms with Crippen molar-refractivity contribution < 1.29 is 23.4 Å². The number of rotatable bonds is 11. The van der Waals surface area contributed by atoms with E-state index in [0.29, 0.717) is 56.8 Å². The van der Waals surface area contributed by atoms with Crippen LogP contribution in [0, 0.1) is 5.82 Å². The van der Waals surface area contributed by atoms with Gasteiger partial charge in [0.2, 0.25) is 5.91 Å². The van der Waals surface area contributed by atoms with Gasteiger partial charge in [0, 0.05) is 24.2 Å². The molecule has 4 rings (SSSR count). The average molecular weight is 540 g/mol. The minimum absolute atomic E-state index is 0.172. The molecule has 1 heterocycles. The van der Waals surface area contributed by atoms with Gasteiger partial charge < -0.3 is 30.6 Å². The van der Waals surface area contributed by atoms with E-state index >= 15 is 0 Å². The maximum absolute atomic E-state index is 13.4. The Hall–Kier alpha value is -3.99. The smallest absolute Gasteiger partial charge is 0.241 e. The summed E-state index contributed by atoms with van der Waals surface area (Å²) in [6.45, 7) is 2.42. The highest BCUT2D eigenvalue weighted by Crippen LogP contribution is 2.35. The first-order valence-electron chi connectivity index (χ1n) is 11.7. The first-order valence-corrected chi connectivity index (χ1v) is 12.1. The van der Waals surface area contributed by atoms with Gasteiger partial charge in [-0.1, -0.05) is 23.7 Å². The fraction of sp³-hybridized carbons (Fsp3) is 0.222. The van der Waals surface area contributed by atoms with Gasteiger partial charge in [-0.25, -0.2) is 14.4 Å². The summed E-state index contributed by atoms with van der Waals surface area (Å²) in [5, 5.41) is 7.02. The molecule has 1 aromatic heterocycles. The standard InChI is InChI=1S/C27H27ClFN5O4/c1-16(30)27(35)34-23-12-20-22(13-25(23)37-9-8-36-2)31-15-32-26(20)33-19-6-7-24(21(28)11-19)38-14-17-4-3-5-18(29)10-17/h3-7,10-13,15-16H,8-9,14,30H2,1-2H3,(H,34,35)(H,31,32,33)/t16-/m0/s1. The molecule has 1 atom stereocenters. The molecule has 0 aliphatic heterocycles. The van der Waals surface area contributed by atoms with Crippen LogP contribution in [-0.2, 0) is 16.1 Å². The van der Waals surface area contributed by atoms with Crippen molar-refractivity contribution in [2.75, 3.05) is 31.0 Å². The number of nitrogens with one attached hydrogen (secondary N) is 2. The molecule has 0 saturated heterocycles. The minimum Gasteiger partial charge on any atom is -0.489 e. The van der Waals surface area contributed by atoms with Crippen molar-refractivity contribution in [1.82, 2.24) is 9.97 Å². The fourth-order valence-corrected chi connectivity index (χ4v) is 3.74. The van der Waals surface area contributed by atoms with Crippen molar-refractivity contribution in [3.05, 3.63) is 77.3 Å². The Labute approximate surface area is 224 Å². The first kappa shape index (κ1) is 27.1. The Bertz CT molecular complexity index is 1440. The van der Waals surface area contributed by atoms with Crippen LogP contribution < -0.4 is 25.8 Å². The summed E-state index contributed by atoms with van der Waals surface area (Å²) >= 11 is 6.45. The van der Waals surface area contributed by atoms with Crippen LogP contribution >= 0.6 is 11.6 Å². The van der Waals surface area contributed by atoms with Crippen LogP contribution in [0.5, 0.6) is 11.5 Å². The summed E-state index contributed by atoms with van der Waals surface area (Å²) < 4.78 is 30.0. The minimum atomic E-state index is -0.717. The summed E-state index contributed by atoms with van der Waals surface area (Å²) in [6.07, 6.45) is 1.42. The Kier molecular flexibility index (Phi) is 8.90. The third kappa shape index (κ3) is 6.86. The van der Waals surface area contributed by atoms with E-state index in [0.717, 1.165) is 0 Å². The number of halogens is 2. The van der Waals surface area contributed by atoms with Gasteiger partial charge in [0.25, 0.3) is 0 Å². The lowest BCUT2D eigenvalue weighted by molar-refractivity contribution is -0.117. The van der Waals surface area contributed by atoms with Crippen molar-refractivity contribution in [2.24, 2.45) is 5.73 Å². The van der Waals surface area contributed by atoms with Crippen LogP contribution in [0.3, 0.4) is 0 Å². The van der Waals surface area contributed by atoms with E-state index in [9.17, 15) is 9.18 Å². The first-order chi connectivity index (χ1) is 18.3. The summed E-state index contributed by atoms with van der Waals surface area (Å²) in [4.78, 5) is 21.0. The highest BCUT2D eigenvalue weighted by Gasteiger charge is 2.16. The number of hydrogen-bond acceptors (Lipinski definition) is 8. The Morgan fingerprint density at radius 1 is 1.08 bits per heavy atom. The Balaban J connectivity index is 1.58. The molecule has 1 amide bonds. The van der Waals surface area contributed by atoms with Crippen molar-refractivity contribution in [1.29, 1.82) is 0 Å². The second kappa shape index (κ2) is 12.5. The van der Waals surface area contributed by atoms with Crippen LogP contribution in [0.25, 0.3) is 10.9 Å². The molecule has 0 fully saturated rings. The number of ether oxygens (including phenoxy) is 3. The number of aromatic nitrogens is 2. The number of carbonyl (C=O) groups is 1. The van der Waals surface area contributed by atoms with Gasteiger partial charge in [0.15, 0.2) is 0 Å². The molecule has 198 valence electrons. The van der Waals surface area contributed by atoms with E-state index in [1.54, 1.807) is 56.5 Å². The van der Waals surface area contributed by atoms with E-state index in [1.807, 2.05) is 0 Å². The van der Waals surface area contributed by atoms with Crippen LogP contribution in [0.4, 0.5) is 21.6 Å². The summed E-state index contributed by atoms with van der Waals surface area (Å²) in [6, 6.07) is 14.1. The monoisotopic (exact) mass is 539 g/mol. The molecule has 11 heteroatoms. The maximum Gasteiger partial charge on any atom is 0.241 e. The summed E-state index contributed by atoms with van der Waals surface area (Å²) in [7, 11) is 1.57. The lowest BCUT2D eigenvalue weighted by atomic mass is 10.1. The van der Waals surface area contributed by atoms with E-state index in [4.69, 9.17) is 31.5 Å². The van der Waals surface area contributed by atoms with Gasteiger partial charge in [0.05, 0.1) is 28.9 Å². The largest absolute Gasteiger partial charge is 0.489 e. The second-order valence-electron chi connectivity index (χ2n) is 8.40. The van der Waals surface area contributed by atoms with Crippen LogP contribution in [0.15, 0.2) is 60.9 Å². The molecule has 0 spiro atoms. The number of nitrogens with zero attached hydrogens (tertiary/aromatic N) is 2. The predicted octanol–water partition coefficient (Wildman–Crippen LogP) is 5.06. The van der Waals surface area contributed by atoms with Gasteiger partial charge in [0.1, 0.15) is 42.7 Å². The topological polar surface area (TPSA) is 121 Å². The quantitative estimate of drug-likeness (QED) is 0.226. The zero-order valence-corrected chi connectivity index (χ0v) is 21.6. The second-order valence-corrected chi connectivity index (χ2v) is 8.80. The molecule has 0 saturated carbocycles. The number of hydrogen-bond donors (Lipinski definition) is 3. The van der Waals surface area contributed by atoms with E-state index in [-0.39, 0.29) is 24.9 Å². The van der Waals surface area contributed by atoms with Gasteiger partial charge in [-0.3, -0.25) is 4.79 Å². The number of fused-ring (bicyclic) bond motifs is 1. The zero-order chi connectivity index (χ0) is 27.1. The van der Waals surface area contributed by atoms with Crippen molar-refractivity contribution in [3.8, 4) is 11.5 Å². The van der Waals surface area contributed by atoms with Gasteiger partial charge in [-0.15, -0.1) is 0 Å². The van der Waals surface area contributed by atoms with Gasteiger partial charge in [-0.2, -0.15) is 0 Å². The molecule has 4 aromatic rings. The highest BCUT2D eigenvalue weighted by atomic mass is 35.5. The van der Waals surface area contributed by atoms with Crippen LogP contribution in [-0.4, -0.2) is 42.2 Å². The molecule has 38 heavy (non-hydrogen) atoms. The number of benzene rings is 3. The van der Waals surface area contributed by atoms with Crippen molar-refractivity contribution >= 4 is 45.6 Å². The normalized spacial score (nSPS) is 11.7. The average Bonchev–Trinajstić information content (AvgIpc) is 2.89. The molecular weight excluding hydrogens is 513 g/mol. The van der Waals surface area contributed by atoms with E-state index in [1.165, 1.54) is 18.5 Å². The lowest BCUT2D eigenvalue weighted by Gasteiger charge is -2.16. The van der Waals surface area contributed by atoms with Crippen LogP contribution in [0.1, 0.15) is 12.5 Å². The fourth-order valence-electron chi connectivity index (χ4n) is 3.50. The van der Waals surface area contributed by atoms with Crippen molar-refractivity contribution in [2.45, 2.75) is 19.6 Å². The summed E-state index contributed by atoms with van der Waals surface area (Å²) in [5.41, 5.74) is 8.09. The van der Waals surface area contributed by atoms with Gasteiger partial charge >= 0.3 is 0 Å². The van der Waals surface area contributed by atoms with E-state index in [2.05, 4.69) is 20.6 Å². The van der Waals surface area contributed by atoms with Crippen LogP contribution in [0.2, 0.25) is 5.02 Å². The molecular formula is C27H27ClFN5O4. The third-order valence-corrected chi connectivity index (χ3v) is 5.73. The summed E-state index contributed by atoms with van der Waals surface area (Å²) in [5.74, 6) is 0.665. The highest BCUT2D eigenvalue weighted by molar-refractivity contribution is 6.32. The molecule has 0 aliphatic rings. The molecule has 0 bridgehead atoms. The molecule has 3 aromatic carbocycles. The molecule has 0 unspecified atom stereocenters. The molecule has 9 nitrogen and oxygen atoms in total. The third-order valence-electron chi connectivity index (χ3n) is 5.43. The van der Waals surface area contributed by atoms with Crippen molar-refractivity contribution in [3.63, 3.8) is 0 Å². The number of nitrogens with two attached hydrogens (primary N) is 1. The lowest BCUT2D eigenvalue weighted by Crippen LogP contribution is -2.32. The molecule has 0 aliphatic carbocycles. The predicted molar refractivity (Wildman–Crippen MR) is 145 cm³/mol. The van der Waals surface area contributed by atoms with E-state index < -0.39 is 6.04 Å². The molecule has 4 N–H and O–H groups in total. The zero-order valence-electron chi connectivity index (χ0n) is 20.8. The SMILES string of the molecule is COCCOc1cc2ncnc(Nc3ccc(OCc4cccc(F)c4)c(Cl)c3)c2cc1NC(=O)[C@H](C)N. The van der Waals surface area contributed by atoms with Gasteiger partial charge in [-0.05, 0) is 48.9 Å². The molecule has 0 radical (unpaired) electrons. The Morgan fingerprint density at radius 3 is 2.66 bits per heavy atom. The number of amides is 1. The maximum atomic E-state index is 13.4. The number of methoxy groups -OCH3 is 1. The number of carbonyl (C=O) groups excluding carboxylic acids is 1. The Morgan fingerprint density at radius 2 is 1.92 bits per heavy atom. The number of anilines is 3.